The van der Waals surface area contributed by atoms with E-state index < -0.39 is 5.92 Å². The quantitative estimate of drug-likeness (QED) is 0.886. The molecule has 0 aliphatic carbocycles. The van der Waals surface area contributed by atoms with Crippen LogP contribution < -0.4 is 10.6 Å². The van der Waals surface area contributed by atoms with Crippen molar-refractivity contribution >= 4 is 17.5 Å². The molecule has 0 fully saturated rings. The lowest BCUT2D eigenvalue weighted by molar-refractivity contribution is -0.126. The van der Waals surface area contributed by atoms with Crippen molar-refractivity contribution in [3.8, 4) is 0 Å². The van der Waals surface area contributed by atoms with Crippen LogP contribution in [0.4, 0.5) is 5.69 Å². The van der Waals surface area contributed by atoms with Crippen molar-refractivity contribution in [1.82, 2.24) is 5.32 Å². The topological polar surface area (TPSA) is 58.2 Å². The first kappa shape index (κ1) is 16.2. The maximum atomic E-state index is 12.7. The van der Waals surface area contributed by atoms with Gasteiger partial charge in [-0.1, -0.05) is 55.5 Å². The Morgan fingerprint density at radius 1 is 1.17 bits per heavy atom. The van der Waals surface area contributed by atoms with E-state index in [1.165, 1.54) is 5.56 Å². The molecule has 0 spiro atoms. The van der Waals surface area contributed by atoms with Crippen LogP contribution in [0.15, 0.2) is 54.6 Å². The first-order valence-electron chi connectivity index (χ1n) is 8.40. The lowest BCUT2D eigenvalue weighted by Gasteiger charge is -2.25. The summed E-state index contributed by atoms with van der Waals surface area (Å²) in [5, 5.41) is 5.87. The van der Waals surface area contributed by atoms with E-state index in [2.05, 4.69) is 29.7 Å². The number of para-hydroxylation sites is 1. The molecule has 24 heavy (non-hydrogen) atoms. The van der Waals surface area contributed by atoms with Gasteiger partial charge in [0.2, 0.25) is 11.8 Å². The first-order chi connectivity index (χ1) is 11.7. The molecule has 0 bridgehead atoms. The molecular formula is C20H22N2O2. The number of carbonyl (C=O) groups is 2. The summed E-state index contributed by atoms with van der Waals surface area (Å²) in [5.41, 5.74) is 2.86. The molecule has 0 saturated carbocycles. The second-order valence-corrected chi connectivity index (χ2v) is 6.15. The molecule has 1 heterocycles. The maximum absolute atomic E-state index is 12.7. The van der Waals surface area contributed by atoms with Crippen LogP contribution in [0.1, 0.15) is 42.7 Å². The van der Waals surface area contributed by atoms with Crippen LogP contribution in [0.2, 0.25) is 0 Å². The number of hydrogen-bond acceptors (Lipinski definition) is 2. The predicted molar refractivity (Wildman–Crippen MR) is 94.9 cm³/mol. The molecule has 0 saturated heterocycles. The number of hydrogen-bond donors (Lipinski definition) is 2. The van der Waals surface area contributed by atoms with E-state index in [1.54, 1.807) is 0 Å². The average Bonchev–Trinajstić information content (AvgIpc) is 2.62. The van der Waals surface area contributed by atoms with Gasteiger partial charge >= 0.3 is 0 Å². The summed E-state index contributed by atoms with van der Waals surface area (Å²) in [6, 6.07) is 17.7. The minimum Gasteiger partial charge on any atom is -0.355 e. The molecule has 2 aromatic carbocycles. The summed E-state index contributed by atoms with van der Waals surface area (Å²) in [5.74, 6) is -0.318. The van der Waals surface area contributed by atoms with E-state index in [1.807, 2.05) is 42.5 Å². The number of anilines is 1. The summed E-state index contributed by atoms with van der Waals surface area (Å²) < 4.78 is 0. The van der Waals surface area contributed by atoms with Crippen LogP contribution in [0.25, 0.3) is 0 Å². The molecule has 2 unspecified atom stereocenters. The Morgan fingerprint density at radius 3 is 2.62 bits per heavy atom. The number of nitrogens with one attached hydrogen (secondary N) is 2. The predicted octanol–water partition coefficient (Wildman–Crippen LogP) is 3.42. The van der Waals surface area contributed by atoms with Crippen molar-refractivity contribution in [3.05, 3.63) is 65.7 Å². The first-order valence-corrected chi connectivity index (χ1v) is 8.40. The average molecular weight is 322 g/mol. The van der Waals surface area contributed by atoms with E-state index in [0.717, 1.165) is 17.7 Å². The number of benzene rings is 2. The van der Waals surface area contributed by atoms with Gasteiger partial charge in [0.05, 0.1) is 5.92 Å². The van der Waals surface area contributed by atoms with Gasteiger partial charge in [-0.25, -0.2) is 0 Å². The van der Waals surface area contributed by atoms with E-state index in [4.69, 9.17) is 0 Å². The molecule has 0 radical (unpaired) electrons. The van der Waals surface area contributed by atoms with E-state index in [9.17, 15) is 9.59 Å². The van der Waals surface area contributed by atoms with Crippen LogP contribution in [0.3, 0.4) is 0 Å². The molecule has 124 valence electrons. The SMILES string of the molecule is CCC(CNC(=O)C1CC(=O)Nc2ccccc21)c1ccccc1. The van der Waals surface area contributed by atoms with Gasteiger partial charge in [0.25, 0.3) is 0 Å². The lowest BCUT2D eigenvalue weighted by Crippen LogP contribution is -2.36. The monoisotopic (exact) mass is 322 g/mol. The van der Waals surface area contributed by atoms with Gasteiger partial charge in [-0.05, 0) is 23.6 Å². The zero-order chi connectivity index (χ0) is 16.9. The molecule has 2 amide bonds. The molecule has 1 aliphatic rings. The highest BCUT2D eigenvalue weighted by molar-refractivity contribution is 6.01. The molecule has 2 N–H and O–H groups in total. The van der Waals surface area contributed by atoms with Crippen LogP contribution in [0, 0.1) is 0 Å². The van der Waals surface area contributed by atoms with Crippen molar-refractivity contribution in [2.24, 2.45) is 0 Å². The Hall–Kier alpha value is -2.62. The van der Waals surface area contributed by atoms with Gasteiger partial charge in [-0.15, -0.1) is 0 Å². The van der Waals surface area contributed by atoms with Gasteiger partial charge < -0.3 is 10.6 Å². The minimum absolute atomic E-state index is 0.0771. The summed E-state index contributed by atoms with van der Waals surface area (Å²) in [6.45, 7) is 2.70. The van der Waals surface area contributed by atoms with Gasteiger partial charge in [0.15, 0.2) is 0 Å². The fraction of sp³-hybridized carbons (Fsp3) is 0.300. The Labute approximate surface area is 142 Å². The highest BCUT2D eigenvalue weighted by Gasteiger charge is 2.30. The van der Waals surface area contributed by atoms with Crippen LogP contribution in [-0.4, -0.2) is 18.4 Å². The summed E-state index contributed by atoms with van der Waals surface area (Å²) in [4.78, 5) is 24.5. The molecule has 4 heteroatoms. The van der Waals surface area contributed by atoms with Crippen LogP contribution >= 0.6 is 0 Å². The summed E-state index contributed by atoms with van der Waals surface area (Å²) >= 11 is 0. The number of fused-ring (bicyclic) bond motifs is 1. The Kier molecular flexibility index (Phi) is 4.94. The number of amides is 2. The zero-order valence-electron chi connectivity index (χ0n) is 13.8. The largest absolute Gasteiger partial charge is 0.355 e. The van der Waals surface area contributed by atoms with Crippen molar-refractivity contribution in [1.29, 1.82) is 0 Å². The normalized spacial score (nSPS) is 17.5. The maximum Gasteiger partial charge on any atom is 0.228 e. The molecule has 2 atom stereocenters. The van der Waals surface area contributed by atoms with Gasteiger partial charge in [0, 0.05) is 24.6 Å². The van der Waals surface area contributed by atoms with Gasteiger partial charge in [0.1, 0.15) is 0 Å². The highest BCUT2D eigenvalue weighted by Crippen LogP contribution is 2.32. The molecule has 3 rings (SSSR count). The molecule has 2 aromatic rings. The van der Waals surface area contributed by atoms with Crippen molar-refractivity contribution in [2.45, 2.75) is 31.6 Å². The van der Waals surface area contributed by atoms with Crippen molar-refractivity contribution in [3.63, 3.8) is 0 Å². The molecule has 1 aliphatic heterocycles. The summed E-state index contributed by atoms with van der Waals surface area (Å²) in [7, 11) is 0. The molecule has 0 aromatic heterocycles. The Balaban J connectivity index is 1.70. The van der Waals surface area contributed by atoms with E-state index in [-0.39, 0.29) is 24.2 Å². The second kappa shape index (κ2) is 7.30. The fourth-order valence-corrected chi connectivity index (χ4v) is 3.22. The van der Waals surface area contributed by atoms with Crippen LogP contribution in [-0.2, 0) is 9.59 Å². The van der Waals surface area contributed by atoms with Crippen LogP contribution in [0.5, 0.6) is 0 Å². The lowest BCUT2D eigenvalue weighted by atomic mass is 9.89. The molecule has 4 nitrogen and oxygen atoms in total. The Bertz CT molecular complexity index is 727. The van der Waals surface area contributed by atoms with Crippen molar-refractivity contribution < 1.29 is 9.59 Å². The fourth-order valence-electron chi connectivity index (χ4n) is 3.22. The van der Waals surface area contributed by atoms with Crippen molar-refractivity contribution in [2.75, 3.05) is 11.9 Å². The third-order valence-electron chi connectivity index (χ3n) is 4.60. The van der Waals surface area contributed by atoms with Gasteiger partial charge in [-0.3, -0.25) is 9.59 Å². The van der Waals surface area contributed by atoms with Gasteiger partial charge in [-0.2, -0.15) is 0 Å². The van der Waals surface area contributed by atoms with E-state index >= 15 is 0 Å². The third-order valence-corrected chi connectivity index (χ3v) is 4.60. The molecular weight excluding hydrogens is 300 g/mol. The van der Waals surface area contributed by atoms with E-state index in [0.29, 0.717) is 6.54 Å². The third kappa shape index (κ3) is 3.48. The number of rotatable bonds is 5. The Morgan fingerprint density at radius 2 is 1.88 bits per heavy atom. The summed E-state index contributed by atoms with van der Waals surface area (Å²) in [6.07, 6.45) is 1.15. The smallest absolute Gasteiger partial charge is 0.228 e. The minimum atomic E-state index is -0.414. The standard InChI is InChI=1S/C20H22N2O2/c1-2-14(15-8-4-3-5-9-15)13-21-20(24)17-12-19(23)22-18-11-7-6-10-16(17)18/h3-11,14,17H,2,12-13H2,1H3,(H,21,24)(H,22,23). The zero-order valence-corrected chi connectivity index (χ0v) is 13.8. The highest BCUT2D eigenvalue weighted by atomic mass is 16.2. The second-order valence-electron chi connectivity index (χ2n) is 6.15. The number of carbonyl (C=O) groups excluding carboxylic acids is 2.